The van der Waals surface area contributed by atoms with E-state index in [1.165, 1.54) is 0 Å². The molecular formula is C42H54N9O4P. The molecule has 0 spiro atoms. The van der Waals surface area contributed by atoms with Gasteiger partial charge in [-0.05, 0) is 74.9 Å². The van der Waals surface area contributed by atoms with Crippen molar-refractivity contribution in [2.24, 2.45) is 0 Å². The zero-order chi connectivity index (χ0) is 39.0. The Morgan fingerprint density at radius 2 is 0.786 bits per heavy atom. The lowest BCUT2D eigenvalue weighted by Gasteiger charge is -2.26. The van der Waals surface area contributed by atoms with Crippen molar-refractivity contribution >= 4 is 23.1 Å². The summed E-state index contributed by atoms with van der Waals surface area (Å²) in [6.45, 7) is 8.87. The van der Waals surface area contributed by atoms with Gasteiger partial charge in [0.2, 0.25) is 0 Å². The number of aryl methyl sites for hydroxylation is 3. The van der Waals surface area contributed by atoms with E-state index in [9.17, 15) is 0 Å². The maximum atomic E-state index is 16.4. The summed E-state index contributed by atoms with van der Waals surface area (Å²) in [5.74, 6) is 1.53. The first-order valence-corrected chi connectivity index (χ1v) is 21.7. The monoisotopic (exact) mass is 779 g/mol. The van der Waals surface area contributed by atoms with Gasteiger partial charge in [0.15, 0.2) is 7.14 Å². The molecule has 14 heteroatoms. The maximum Gasteiger partial charge on any atom is 0.181 e. The molecule has 0 amide bonds. The molecular weight excluding hydrogens is 725 g/mol. The summed E-state index contributed by atoms with van der Waals surface area (Å²) in [7, 11) is -3.73. The van der Waals surface area contributed by atoms with Crippen LogP contribution in [0, 0.1) is 0 Å². The fourth-order valence-corrected chi connectivity index (χ4v) is 9.43. The molecule has 3 aromatic carbocycles. The molecule has 0 aliphatic carbocycles. The Morgan fingerprint density at radius 3 is 1.09 bits per heavy atom. The minimum absolute atomic E-state index is 0.306. The van der Waals surface area contributed by atoms with E-state index in [-0.39, 0.29) is 0 Å². The molecule has 0 atom stereocenters. The summed E-state index contributed by atoms with van der Waals surface area (Å²) < 4.78 is 41.1. The molecule has 0 aliphatic rings. The summed E-state index contributed by atoms with van der Waals surface area (Å²) in [6.07, 6.45) is 15.1. The van der Waals surface area contributed by atoms with Crippen LogP contribution in [-0.4, -0.2) is 64.8 Å². The summed E-state index contributed by atoms with van der Waals surface area (Å²) in [4.78, 5) is 0. The SMILES string of the molecule is CCCCc1cn(CCOc2ccccc2P(=O)(c2ccccc2OCCn2cc(CCCC)nn2)c2ccccc2OCCn2cc(CCCC)nn2)nn1. The van der Waals surface area contributed by atoms with Crippen LogP contribution in [0.25, 0.3) is 0 Å². The number of hydrogen-bond acceptors (Lipinski definition) is 10. The fourth-order valence-electron chi connectivity index (χ4n) is 6.42. The van der Waals surface area contributed by atoms with Crippen molar-refractivity contribution in [3.8, 4) is 17.2 Å². The fraction of sp³-hybridized carbons (Fsp3) is 0.429. The highest BCUT2D eigenvalue weighted by Crippen LogP contribution is 2.49. The number of aromatic nitrogens is 9. The van der Waals surface area contributed by atoms with E-state index in [0.29, 0.717) is 72.6 Å². The molecule has 0 aliphatic heterocycles. The van der Waals surface area contributed by atoms with Gasteiger partial charge in [-0.15, -0.1) is 15.3 Å². The molecule has 0 radical (unpaired) electrons. The smallest absolute Gasteiger partial charge is 0.181 e. The Hall–Kier alpha value is -5.29. The summed E-state index contributed by atoms with van der Waals surface area (Å²) in [6, 6.07) is 22.6. The van der Waals surface area contributed by atoms with E-state index >= 15 is 4.57 Å². The van der Waals surface area contributed by atoms with Gasteiger partial charge in [0.05, 0.1) is 52.6 Å². The molecule has 3 aromatic heterocycles. The average molecular weight is 780 g/mol. The second kappa shape index (κ2) is 20.6. The normalized spacial score (nSPS) is 11.6. The number of hydrogen-bond donors (Lipinski definition) is 0. The summed E-state index contributed by atoms with van der Waals surface area (Å²) >= 11 is 0. The Kier molecular flexibility index (Phi) is 14.8. The first kappa shape index (κ1) is 40.4. The van der Waals surface area contributed by atoms with Crippen LogP contribution in [0.3, 0.4) is 0 Å². The van der Waals surface area contributed by atoms with Gasteiger partial charge in [0.25, 0.3) is 0 Å². The van der Waals surface area contributed by atoms with E-state index in [4.69, 9.17) is 14.2 Å². The number of ether oxygens (including phenoxy) is 3. The third-order valence-electron chi connectivity index (χ3n) is 9.47. The standard InChI is InChI=1S/C42H54N9O4P/c1-4-7-16-34-31-49(46-43-34)25-28-53-37-19-10-13-22-40(37)56(52,41-23-14-11-20-38(41)54-29-26-50-32-35(44-47-50)17-8-5-2)42-24-15-12-21-39(42)55-30-27-51-33-36(45-48-51)18-9-6-3/h10-15,19-24,31-33H,4-9,16-18,25-30H2,1-3H3. The van der Waals surface area contributed by atoms with Gasteiger partial charge in [-0.25, -0.2) is 14.0 Å². The van der Waals surface area contributed by atoms with Crippen molar-refractivity contribution in [2.75, 3.05) is 19.8 Å². The molecule has 0 saturated carbocycles. The molecule has 0 N–H and O–H groups in total. The second-order valence-corrected chi connectivity index (χ2v) is 16.5. The van der Waals surface area contributed by atoms with Crippen LogP contribution in [0.2, 0.25) is 0 Å². The Bertz CT molecular complexity index is 1910. The summed E-state index contributed by atoms with van der Waals surface area (Å²) in [5, 5.41) is 27.5. The highest BCUT2D eigenvalue weighted by Gasteiger charge is 2.38. The van der Waals surface area contributed by atoms with Crippen LogP contribution in [0.1, 0.15) is 76.4 Å². The van der Waals surface area contributed by atoms with Crippen LogP contribution in [0.4, 0.5) is 0 Å². The molecule has 0 saturated heterocycles. The number of rotatable bonds is 24. The van der Waals surface area contributed by atoms with E-state index in [1.807, 2.05) is 91.4 Å². The lowest BCUT2D eigenvalue weighted by atomic mass is 10.2. The van der Waals surface area contributed by atoms with Gasteiger partial charge in [0, 0.05) is 18.6 Å². The van der Waals surface area contributed by atoms with Gasteiger partial charge in [-0.3, -0.25) is 0 Å². The maximum absolute atomic E-state index is 16.4. The number of para-hydroxylation sites is 3. The molecule has 6 rings (SSSR count). The van der Waals surface area contributed by atoms with E-state index < -0.39 is 7.14 Å². The van der Waals surface area contributed by atoms with Crippen molar-refractivity contribution in [3.63, 3.8) is 0 Å². The van der Waals surface area contributed by atoms with Gasteiger partial charge < -0.3 is 18.8 Å². The van der Waals surface area contributed by atoms with Gasteiger partial charge >= 0.3 is 0 Å². The third-order valence-corrected chi connectivity index (χ3v) is 12.6. The van der Waals surface area contributed by atoms with Crippen LogP contribution in [-0.2, 0) is 43.5 Å². The Balaban J connectivity index is 1.29. The Labute approximate surface area is 329 Å². The van der Waals surface area contributed by atoms with Crippen molar-refractivity contribution in [1.29, 1.82) is 0 Å². The van der Waals surface area contributed by atoms with Crippen molar-refractivity contribution in [2.45, 2.75) is 98.2 Å². The van der Waals surface area contributed by atoms with E-state index in [2.05, 4.69) is 51.7 Å². The highest BCUT2D eigenvalue weighted by atomic mass is 31.2. The first-order valence-electron chi connectivity index (χ1n) is 20.0. The molecule has 13 nitrogen and oxygen atoms in total. The zero-order valence-electron chi connectivity index (χ0n) is 32.9. The molecule has 0 bridgehead atoms. The topological polar surface area (TPSA) is 137 Å². The van der Waals surface area contributed by atoms with Gasteiger partial charge in [0.1, 0.15) is 37.1 Å². The molecule has 56 heavy (non-hydrogen) atoms. The quantitative estimate of drug-likeness (QED) is 0.0638. The zero-order valence-corrected chi connectivity index (χ0v) is 33.8. The predicted molar refractivity (Wildman–Crippen MR) is 218 cm³/mol. The lowest BCUT2D eigenvalue weighted by molar-refractivity contribution is 0.290. The summed E-state index contributed by atoms with van der Waals surface area (Å²) in [5.41, 5.74) is 2.89. The van der Waals surface area contributed by atoms with Crippen LogP contribution in [0.15, 0.2) is 91.4 Å². The van der Waals surface area contributed by atoms with Crippen LogP contribution >= 0.6 is 7.14 Å². The van der Waals surface area contributed by atoms with E-state index in [1.54, 1.807) is 14.0 Å². The molecule has 296 valence electrons. The average Bonchev–Trinajstić information content (AvgIpc) is 4.01. The minimum Gasteiger partial charge on any atom is -0.491 e. The minimum atomic E-state index is -3.73. The predicted octanol–water partition coefficient (Wildman–Crippen LogP) is 6.37. The number of unbranched alkanes of at least 4 members (excludes halogenated alkanes) is 3. The van der Waals surface area contributed by atoms with Crippen molar-refractivity contribution in [1.82, 2.24) is 45.0 Å². The molecule has 0 unspecified atom stereocenters. The first-order chi connectivity index (χ1) is 27.5. The lowest BCUT2D eigenvalue weighted by Crippen LogP contribution is -2.29. The second-order valence-electron chi connectivity index (χ2n) is 13.8. The van der Waals surface area contributed by atoms with Gasteiger partial charge in [-0.1, -0.05) is 92.1 Å². The number of benzene rings is 3. The van der Waals surface area contributed by atoms with Crippen LogP contribution < -0.4 is 30.1 Å². The number of nitrogens with zero attached hydrogens (tertiary/aromatic N) is 9. The van der Waals surface area contributed by atoms with Gasteiger partial charge in [-0.2, -0.15) is 0 Å². The molecule has 6 aromatic rings. The Morgan fingerprint density at radius 1 is 0.482 bits per heavy atom. The largest absolute Gasteiger partial charge is 0.491 e. The third kappa shape index (κ3) is 10.5. The van der Waals surface area contributed by atoms with Crippen molar-refractivity contribution in [3.05, 3.63) is 108 Å². The van der Waals surface area contributed by atoms with Crippen LogP contribution in [0.5, 0.6) is 17.2 Å². The van der Waals surface area contributed by atoms with Crippen molar-refractivity contribution < 1.29 is 18.8 Å². The molecule has 3 heterocycles. The molecule has 0 fully saturated rings. The highest BCUT2D eigenvalue weighted by molar-refractivity contribution is 7.85. The van der Waals surface area contributed by atoms with E-state index in [0.717, 1.165) is 74.9 Å².